The van der Waals surface area contributed by atoms with Gasteiger partial charge >= 0.3 is 0 Å². The van der Waals surface area contributed by atoms with Crippen LogP contribution in [0.2, 0.25) is 10.0 Å². The number of carbonyl (C=O) groups is 1. The third-order valence-electron chi connectivity index (χ3n) is 3.17. The zero-order valence-corrected chi connectivity index (χ0v) is 13.1. The van der Waals surface area contributed by atoms with Crippen molar-refractivity contribution >= 4 is 29.1 Å². The number of aliphatic hydroxyl groups is 1. The van der Waals surface area contributed by atoms with E-state index < -0.39 is 6.10 Å². The molecule has 21 heavy (non-hydrogen) atoms. The molecule has 1 aromatic heterocycles. The van der Waals surface area contributed by atoms with Crippen LogP contribution in [0.5, 0.6) is 0 Å². The summed E-state index contributed by atoms with van der Waals surface area (Å²) in [6.07, 6.45) is -0.920. The Morgan fingerprint density at radius 1 is 1.33 bits per heavy atom. The van der Waals surface area contributed by atoms with Crippen molar-refractivity contribution < 1.29 is 14.3 Å². The van der Waals surface area contributed by atoms with Gasteiger partial charge in [-0.25, -0.2) is 0 Å². The quantitative estimate of drug-likeness (QED) is 0.900. The van der Waals surface area contributed by atoms with Gasteiger partial charge in [0.2, 0.25) is 0 Å². The highest BCUT2D eigenvalue weighted by Crippen LogP contribution is 2.26. The lowest BCUT2D eigenvalue weighted by Crippen LogP contribution is -2.28. The highest BCUT2D eigenvalue weighted by molar-refractivity contribution is 6.35. The molecule has 4 nitrogen and oxygen atoms in total. The summed E-state index contributed by atoms with van der Waals surface area (Å²) in [5.74, 6) is 0.538. The van der Waals surface area contributed by atoms with Crippen molar-refractivity contribution in [3.8, 4) is 0 Å². The number of amides is 1. The minimum Gasteiger partial charge on any atom is -0.456 e. The zero-order chi connectivity index (χ0) is 15.6. The van der Waals surface area contributed by atoms with Crippen molar-refractivity contribution in [3.05, 3.63) is 57.0 Å². The SMILES string of the molecule is Cc1cc(C(=O)NCC(O)c2ccc(Cl)cc2Cl)oc1C. The fraction of sp³-hybridized carbons (Fsp3) is 0.267. The van der Waals surface area contributed by atoms with Crippen LogP contribution in [-0.4, -0.2) is 17.6 Å². The van der Waals surface area contributed by atoms with Crippen LogP contribution in [0.25, 0.3) is 0 Å². The Labute approximate surface area is 132 Å². The molecular formula is C15H15Cl2NO3. The number of rotatable bonds is 4. The van der Waals surface area contributed by atoms with Gasteiger partial charge < -0.3 is 14.8 Å². The summed E-state index contributed by atoms with van der Waals surface area (Å²) >= 11 is 11.8. The van der Waals surface area contributed by atoms with Gasteiger partial charge in [-0.2, -0.15) is 0 Å². The van der Waals surface area contributed by atoms with E-state index in [0.29, 0.717) is 21.4 Å². The van der Waals surface area contributed by atoms with Crippen LogP contribution < -0.4 is 5.32 Å². The van der Waals surface area contributed by atoms with Crippen LogP contribution in [0, 0.1) is 13.8 Å². The van der Waals surface area contributed by atoms with Gasteiger partial charge in [0.05, 0.1) is 6.10 Å². The van der Waals surface area contributed by atoms with Crippen LogP contribution >= 0.6 is 23.2 Å². The van der Waals surface area contributed by atoms with Crippen molar-refractivity contribution in [1.82, 2.24) is 5.32 Å². The van der Waals surface area contributed by atoms with Gasteiger partial charge in [0.15, 0.2) is 5.76 Å². The first-order valence-electron chi connectivity index (χ1n) is 6.36. The minimum atomic E-state index is -0.920. The van der Waals surface area contributed by atoms with E-state index in [1.807, 2.05) is 6.92 Å². The van der Waals surface area contributed by atoms with Crippen molar-refractivity contribution in [2.75, 3.05) is 6.54 Å². The molecule has 112 valence electrons. The summed E-state index contributed by atoms with van der Waals surface area (Å²) in [5.41, 5.74) is 1.41. The molecule has 1 heterocycles. The van der Waals surface area contributed by atoms with Gasteiger partial charge in [0.25, 0.3) is 5.91 Å². The molecule has 1 aromatic carbocycles. The lowest BCUT2D eigenvalue weighted by Gasteiger charge is -2.13. The van der Waals surface area contributed by atoms with Gasteiger partial charge in [0.1, 0.15) is 5.76 Å². The second kappa shape index (κ2) is 6.52. The third kappa shape index (κ3) is 3.79. The first-order valence-corrected chi connectivity index (χ1v) is 7.12. The summed E-state index contributed by atoms with van der Waals surface area (Å²) in [7, 11) is 0. The number of halogens is 2. The maximum absolute atomic E-state index is 11.9. The highest BCUT2D eigenvalue weighted by Gasteiger charge is 2.16. The Balaban J connectivity index is 2.00. The molecule has 0 aliphatic heterocycles. The summed E-state index contributed by atoms with van der Waals surface area (Å²) in [6.45, 7) is 3.67. The molecule has 0 spiro atoms. The predicted molar refractivity (Wildman–Crippen MR) is 81.9 cm³/mol. The summed E-state index contributed by atoms with van der Waals surface area (Å²) < 4.78 is 5.32. The molecule has 0 aliphatic carbocycles. The Kier molecular flexibility index (Phi) is 4.93. The van der Waals surface area contributed by atoms with Crippen LogP contribution in [0.4, 0.5) is 0 Å². The maximum Gasteiger partial charge on any atom is 0.287 e. The molecule has 0 saturated heterocycles. The normalized spacial score (nSPS) is 12.2. The molecule has 2 N–H and O–H groups in total. The number of furan rings is 1. The summed E-state index contributed by atoms with van der Waals surface area (Å²) in [4.78, 5) is 11.9. The molecule has 0 aliphatic rings. The monoisotopic (exact) mass is 327 g/mol. The molecule has 1 amide bonds. The van der Waals surface area contributed by atoms with E-state index in [-0.39, 0.29) is 18.2 Å². The average Bonchev–Trinajstić information content (AvgIpc) is 2.76. The third-order valence-corrected chi connectivity index (χ3v) is 3.73. The summed E-state index contributed by atoms with van der Waals surface area (Å²) in [6, 6.07) is 6.46. The Bertz CT molecular complexity index is 647. The molecule has 1 unspecified atom stereocenters. The second-order valence-corrected chi connectivity index (χ2v) is 5.59. The first kappa shape index (κ1) is 15.9. The number of carbonyl (C=O) groups excluding carboxylic acids is 1. The lowest BCUT2D eigenvalue weighted by molar-refractivity contribution is 0.0888. The molecule has 0 radical (unpaired) electrons. The Morgan fingerprint density at radius 3 is 2.62 bits per heavy atom. The largest absolute Gasteiger partial charge is 0.456 e. The number of nitrogens with one attached hydrogen (secondary N) is 1. The molecule has 2 rings (SSSR count). The van der Waals surface area contributed by atoms with Crippen molar-refractivity contribution in [2.45, 2.75) is 20.0 Å². The summed E-state index contributed by atoms with van der Waals surface area (Å²) in [5, 5.41) is 13.5. The minimum absolute atomic E-state index is 0.0268. The molecule has 0 fully saturated rings. The molecule has 0 bridgehead atoms. The van der Waals surface area contributed by atoms with Crippen LogP contribution in [0.3, 0.4) is 0 Å². The van der Waals surface area contributed by atoms with E-state index in [0.717, 1.165) is 5.56 Å². The fourth-order valence-electron chi connectivity index (χ4n) is 1.84. The van der Waals surface area contributed by atoms with E-state index in [2.05, 4.69) is 5.32 Å². The Morgan fingerprint density at radius 2 is 2.05 bits per heavy atom. The van der Waals surface area contributed by atoms with E-state index in [1.54, 1.807) is 31.2 Å². The van der Waals surface area contributed by atoms with Crippen LogP contribution in [-0.2, 0) is 0 Å². The molecule has 0 saturated carbocycles. The van der Waals surface area contributed by atoms with Gasteiger partial charge in [0, 0.05) is 22.2 Å². The predicted octanol–water partition coefficient (Wildman–Crippen LogP) is 3.67. The molecule has 2 aromatic rings. The molecular weight excluding hydrogens is 313 g/mol. The number of hydrogen-bond donors (Lipinski definition) is 2. The number of aryl methyl sites for hydroxylation is 2. The van der Waals surface area contributed by atoms with E-state index in [1.165, 1.54) is 0 Å². The van der Waals surface area contributed by atoms with Gasteiger partial charge in [-0.15, -0.1) is 0 Å². The van der Waals surface area contributed by atoms with Gasteiger partial charge in [-0.1, -0.05) is 29.3 Å². The highest BCUT2D eigenvalue weighted by atomic mass is 35.5. The molecule has 1 atom stereocenters. The first-order chi connectivity index (χ1) is 9.88. The van der Waals surface area contributed by atoms with Crippen molar-refractivity contribution in [1.29, 1.82) is 0 Å². The van der Waals surface area contributed by atoms with Crippen molar-refractivity contribution in [3.63, 3.8) is 0 Å². The van der Waals surface area contributed by atoms with E-state index in [9.17, 15) is 9.90 Å². The second-order valence-electron chi connectivity index (χ2n) is 4.74. The lowest BCUT2D eigenvalue weighted by atomic mass is 10.1. The fourth-order valence-corrected chi connectivity index (χ4v) is 2.38. The van der Waals surface area contributed by atoms with Crippen LogP contribution in [0.15, 0.2) is 28.7 Å². The zero-order valence-electron chi connectivity index (χ0n) is 11.6. The van der Waals surface area contributed by atoms with Crippen molar-refractivity contribution in [2.24, 2.45) is 0 Å². The number of benzene rings is 1. The molecule has 6 heteroatoms. The van der Waals surface area contributed by atoms with E-state index >= 15 is 0 Å². The van der Waals surface area contributed by atoms with Gasteiger partial charge in [-0.05, 0) is 37.6 Å². The number of hydrogen-bond acceptors (Lipinski definition) is 3. The topological polar surface area (TPSA) is 62.5 Å². The number of aliphatic hydroxyl groups excluding tert-OH is 1. The maximum atomic E-state index is 11.9. The van der Waals surface area contributed by atoms with E-state index in [4.69, 9.17) is 27.6 Å². The van der Waals surface area contributed by atoms with Gasteiger partial charge in [-0.3, -0.25) is 4.79 Å². The standard InChI is InChI=1S/C15H15Cl2NO3/c1-8-5-14(21-9(8)2)15(20)18-7-13(19)11-4-3-10(16)6-12(11)17/h3-6,13,19H,7H2,1-2H3,(H,18,20). The average molecular weight is 328 g/mol. The Hall–Kier alpha value is -1.49. The van der Waals surface area contributed by atoms with Crippen LogP contribution in [0.1, 0.15) is 33.5 Å². The smallest absolute Gasteiger partial charge is 0.287 e.